The first-order chi connectivity index (χ1) is 12.7. The number of halogens is 1. The molecule has 0 spiro atoms. The van der Waals surface area contributed by atoms with Crippen LogP contribution in [-0.4, -0.2) is 67.3 Å². The predicted octanol–water partition coefficient (Wildman–Crippen LogP) is -0.0112. The average Bonchev–Trinajstić information content (AvgIpc) is 2.94. The largest absolute Gasteiger partial charge is 0.477 e. The molecule has 12 heteroatoms. The van der Waals surface area contributed by atoms with Gasteiger partial charge in [-0.05, 0) is 0 Å². The van der Waals surface area contributed by atoms with Gasteiger partial charge in [0.05, 0.1) is 5.02 Å². The lowest BCUT2D eigenvalue weighted by Crippen LogP contribution is -2.70. The molecule has 10 nitrogen and oxygen atoms in total. The lowest BCUT2D eigenvalue weighted by molar-refractivity contribution is -0.149. The fourth-order valence-corrected chi connectivity index (χ4v) is 4.40. The molecular formula is C15H15ClN4O6S. The highest BCUT2D eigenvalue weighted by atomic mass is 35.5. The molecular weight excluding hydrogens is 400 g/mol. The van der Waals surface area contributed by atoms with Crippen molar-refractivity contribution in [2.45, 2.75) is 18.3 Å². The van der Waals surface area contributed by atoms with E-state index < -0.39 is 35.2 Å². The number of nitrogens with zero attached hydrogens (tertiary/aromatic N) is 3. The van der Waals surface area contributed by atoms with Crippen LogP contribution < -0.4 is 5.32 Å². The summed E-state index contributed by atoms with van der Waals surface area (Å²) in [6.07, 6.45) is 1.45. The number of hydrogen-bond donors (Lipinski definition) is 2. The monoisotopic (exact) mass is 414 g/mol. The van der Waals surface area contributed by atoms with Crippen molar-refractivity contribution in [1.29, 1.82) is 0 Å². The second kappa shape index (κ2) is 7.24. The van der Waals surface area contributed by atoms with Crippen molar-refractivity contribution in [3.8, 4) is 0 Å². The van der Waals surface area contributed by atoms with Crippen molar-refractivity contribution >= 4 is 47.1 Å². The van der Waals surface area contributed by atoms with Crippen LogP contribution in [0.4, 0.5) is 0 Å². The summed E-state index contributed by atoms with van der Waals surface area (Å²) in [5.74, 6) is -2.78. The number of fused-ring (bicyclic) bond motifs is 1. The first-order valence-electron chi connectivity index (χ1n) is 7.74. The first-order valence-corrected chi connectivity index (χ1v) is 9.16. The van der Waals surface area contributed by atoms with E-state index in [4.69, 9.17) is 16.3 Å². The second-order valence-corrected chi connectivity index (χ2v) is 7.41. The summed E-state index contributed by atoms with van der Waals surface area (Å²) in [5.41, 5.74) is 0.0898. The van der Waals surface area contributed by atoms with Crippen LogP contribution in [0.5, 0.6) is 0 Å². The minimum absolute atomic E-state index is 0.0178. The van der Waals surface area contributed by atoms with Gasteiger partial charge in [-0.15, -0.1) is 11.8 Å². The second-order valence-electron chi connectivity index (χ2n) is 5.90. The fourth-order valence-electron chi connectivity index (χ4n) is 2.81. The number of carbonyl (C=O) groups excluding carboxylic acids is 3. The molecule has 0 aromatic carbocycles. The predicted molar refractivity (Wildman–Crippen MR) is 93.9 cm³/mol. The van der Waals surface area contributed by atoms with Crippen molar-refractivity contribution < 1.29 is 29.0 Å². The van der Waals surface area contributed by atoms with Crippen molar-refractivity contribution in [1.82, 2.24) is 20.0 Å². The summed E-state index contributed by atoms with van der Waals surface area (Å²) >= 11 is 7.20. The van der Waals surface area contributed by atoms with E-state index in [1.807, 2.05) is 0 Å². The van der Waals surface area contributed by atoms with Crippen molar-refractivity contribution in [2.75, 3.05) is 12.4 Å². The summed E-state index contributed by atoms with van der Waals surface area (Å²) in [4.78, 5) is 48.5. The molecule has 1 aromatic rings. The molecule has 3 rings (SSSR count). The van der Waals surface area contributed by atoms with E-state index in [9.17, 15) is 24.3 Å². The maximum Gasteiger partial charge on any atom is 0.352 e. The van der Waals surface area contributed by atoms with E-state index in [0.29, 0.717) is 5.57 Å². The molecule has 0 bridgehead atoms. The smallest absolute Gasteiger partial charge is 0.352 e. The zero-order valence-corrected chi connectivity index (χ0v) is 15.8. The van der Waals surface area contributed by atoms with Crippen LogP contribution in [0, 0.1) is 0 Å². The normalized spacial score (nSPS) is 21.4. The number of thioether (sulfide) groups is 1. The number of esters is 1. The van der Waals surface area contributed by atoms with Gasteiger partial charge in [-0.3, -0.25) is 24.0 Å². The molecule has 144 valence electrons. The Balaban J connectivity index is 1.77. The molecule has 27 heavy (non-hydrogen) atoms. The molecule has 2 N–H and O–H groups in total. The lowest BCUT2D eigenvalue weighted by Gasteiger charge is -2.49. The van der Waals surface area contributed by atoms with Crippen LogP contribution in [0.3, 0.4) is 0 Å². The van der Waals surface area contributed by atoms with Gasteiger partial charge in [-0.2, -0.15) is 5.10 Å². The third-order valence-electron chi connectivity index (χ3n) is 3.99. The van der Waals surface area contributed by atoms with Gasteiger partial charge in [0.25, 0.3) is 11.8 Å². The number of amides is 2. The Labute approximate surface area is 162 Å². The van der Waals surface area contributed by atoms with E-state index >= 15 is 0 Å². The number of nitrogens with one attached hydrogen (secondary N) is 1. The maximum atomic E-state index is 12.5. The summed E-state index contributed by atoms with van der Waals surface area (Å²) < 4.78 is 6.23. The van der Waals surface area contributed by atoms with Gasteiger partial charge in [-0.25, -0.2) is 4.79 Å². The van der Waals surface area contributed by atoms with Crippen LogP contribution in [-0.2, 0) is 26.2 Å². The van der Waals surface area contributed by atoms with E-state index in [2.05, 4.69) is 10.4 Å². The highest BCUT2D eigenvalue weighted by Crippen LogP contribution is 2.40. The topological polar surface area (TPSA) is 131 Å². The Bertz CT molecular complexity index is 882. The molecule has 2 aliphatic rings. The highest BCUT2D eigenvalue weighted by Gasteiger charge is 2.54. The van der Waals surface area contributed by atoms with E-state index in [1.165, 1.54) is 29.6 Å². The van der Waals surface area contributed by atoms with Crippen molar-refractivity contribution in [3.63, 3.8) is 0 Å². The molecule has 0 radical (unpaired) electrons. The Kier molecular flexibility index (Phi) is 5.16. The maximum absolute atomic E-state index is 12.5. The van der Waals surface area contributed by atoms with Gasteiger partial charge in [0.15, 0.2) is 5.69 Å². The molecule has 0 saturated carbocycles. The average molecular weight is 415 g/mol. The molecule has 2 atom stereocenters. The van der Waals surface area contributed by atoms with Gasteiger partial charge in [0, 0.05) is 31.5 Å². The highest BCUT2D eigenvalue weighted by molar-refractivity contribution is 8.00. The van der Waals surface area contributed by atoms with Gasteiger partial charge in [-0.1, -0.05) is 11.6 Å². The van der Waals surface area contributed by atoms with E-state index in [0.717, 1.165) is 4.90 Å². The number of hydrogen-bond acceptors (Lipinski definition) is 7. The number of aromatic nitrogens is 2. The van der Waals surface area contributed by atoms with Gasteiger partial charge >= 0.3 is 11.9 Å². The minimum atomic E-state index is -1.30. The van der Waals surface area contributed by atoms with E-state index in [-0.39, 0.29) is 28.8 Å². The Morgan fingerprint density at radius 2 is 2.19 bits per heavy atom. The summed E-state index contributed by atoms with van der Waals surface area (Å²) in [7, 11) is 1.60. The van der Waals surface area contributed by atoms with Crippen molar-refractivity contribution in [3.05, 3.63) is 28.2 Å². The summed E-state index contributed by atoms with van der Waals surface area (Å²) in [6.45, 7) is 1.00. The van der Waals surface area contributed by atoms with Crippen LogP contribution in [0.25, 0.3) is 0 Å². The summed E-state index contributed by atoms with van der Waals surface area (Å²) in [6, 6.07) is -0.898. The number of ether oxygens (including phenoxy) is 1. The zero-order valence-electron chi connectivity index (χ0n) is 14.3. The molecule has 3 heterocycles. The van der Waals surface area contributed by atoms with Crippen LogP contribution >= 0.6 is 23.4 Å². The first kappa shape index (κ1) is 19.2. The third kappa shape index (κ3) is 3.52. The van der Waals surface area contributed by atoms with Crippen LogP contribution in [0.2, 0.25) is 5.02 Å². The van der Waals surface area contributed by atoms with Gasteiger partial charge in [0.2, 0.25) is 0 Å². The molecule has 1 aromatic heterocycles. The SMILES string of the molecule is CC(=O)OCC1=C(C(=O)O)N2C(=O)[C@@H](NC(=O)c3nn(C)cc3Cl)[C@H]2SC1. The van der Waals surface area contributed by atoms with Gasteiger partial charge < -0.3 is 15.2 Å². The lowest BCUT2D eigenvalue weighted by atomic mass is 10.0. The molecule has 1 saturated heterocycles. The number of carbonyl (C=O) groups is 4. The standard InChI is InChI=1S/C15H15ClN4O6S/c1-6(21)26-4-7-5-27-14-10(13(23)20(14)11(7)15(24)25)17-12(22)9-8(16)3-19(2)18-9/h3,10,14H,4-5H2,1-2H3,(H,17,22)(H,24,25)/t10-,14-/m1/s1. The number of aryl methyl sites for hydroxylation is 1. The van der Waals surface area contributed by atoms with Gasteiger partial charge in [0.1, 0.15) is 23.7 Å². The minimum Gasteiger partial charge on any atom is -0.477 e. The fraction of sp³-hybridized carbons (Fsp3) is 0.400. The number of aliphatic carboxylic acids is 1. The number of β-lactam (4-membered cyclic amide) rings is 1. The molecule has 2 amide bonds. The zero-order chi connectivity index (χ0) is 19.9. The Hall–Kier alpha value is -2.53. The summed E-state index contributed by atoms with van der Waals surface area (Å²) in [5, 5.41) is 15.5. The molecule has 1 fully saturated rings. The molecule has 2 aliphatic heterocycles. The third-order valence-corrected chi connectivity index (χ3v) is 5.60. The van der Waals surface area contributed by atoms with Crippen molar-refractivity contribution in [2.24, 2.45) is 7.05 Å². The van der Waals surface area contributed by atoms with E-state index in [1.54, 1.807) is 7.05 Å². The molecule has 0 unspecified atom stereocenters. The molecule has 0 aliphatic carbocycles. The Morgan fingerprint density at radius 1 is 1.48 bits per heavy atom. The van der Waals surface area contributed by atoms with Crippen LogP contribution in [0.1, 0.15) is 17.4 Å². The van der Waals surface area contributed by atoms with Crippen LogP contribution in [0.15, 0.2) is 17.5 Å². The number of carboxylic acid groups (broad SMARTS) is 1. The quantitative estimate of drug-likeness (QED) is 0.508. The Morgan fingerprint density at radius 3 is 2.74 bits per heavy atom. The number of carboxylic acids is 1. The number of rotatable bonds is 5.